The first-order valence-corrected chi connectivity index (χ1v) is 9.64. The van der Waals surface area contributed by atoms with Crippen molar-refractivity contribution in [3.63, 3.8) is 0 Å². The van der Waals surface area contributed by atoms with Gasteiger partial charge in [0.1, 0.15) is 17.5 Å². The van der Waals surface area contributed by atoms with Gasteiger partial charge in [-0.25, -0.2) is 13.8 Å². The summed E-state index contributed by atoms with van der Waals surface area (Å²) in [4.78, 5) is 15.7. The summed E-state index contributed by atoms with van der Waals surface area (Å²) >= 11 is 0. The number of rotatable bonds is 5. The van der Waals surface area contributed by atoms with E-state index in [-0.39, 0.29) is 0 Å². The summed E-state index contributed by atoms with van der Waals surface area (Å²) in [6, 6.07) is 5.93. The molecular formula is C20H25F2N5O. The molecule has 2 aliphatic heterocycles. The third kappa shape index (κ3) is 4.39. The Hall–Kier alpha value is -2.32. The highest BCUT2D eigenvalue weighted by molar-refractivity contribution is 5.44. The first-order valence-electron chi connectivity index (χ1n) is 9.64. The van der Waals surface area contributed by atoms with E-state index in [1.165, 1.54) is 12.1 Å². The first kappa shape index (κ1) is 19.0. The highest BCUT2D eigenvalue weighted by Crippen LogP contribution is 2.23. The number of halogens is 2. The van der Waals surface area contributed by atoms with E-state index >= 15 is 0 Å². The van der Waals surface area contributed by atoms with E-state index in [4.69, 9.17) is 9.72 Å². The first-order chi connectivity index (χ1) is 13.6. The van der Waals surface area contributed by atoms with E-state index in [1.807, 2.05) is 13.1 Å². The molecule has 28 heavy (non-hydrogen) atoms. The molecule has 2 saturated heterocycles. The maximum Gasteiger partial charge on any atom is 0.227 e. The Labute approximate surface area is 163 Å². The zero-order chi connectivity index (χ0) is 19.5. The number of likely N-dealkylation sites (N-methyl/N-ethyl adjacent to an activating group) is 1. The van der Waals surface area contributed by atoms with Crippen molar-refractivity contribution in [1.82, 2.24) is 14.9 Å². The lowest BCUT2D eigenvalue weighted by Crippen LogP contribution is -2.38. The van der Waals surface area contributed by atoms with Crippen LogP contribution in [-0.4, -0.2) is 67.4 Å². The predicted molar refractivity (Wildman–Crippen MR) is 104 cm³/mol. The van der Waals surface area contributed by atoms with Crippen LogP contribution in [0.4, 0.5) is 20.5 Å². The van der Waals surface area contributed by atoms with Gasteiger partial charge in [-0.3, -0.25) is 4.90 Å². The highest BCUT2D eigenvalue weighted by atomic mass is 19.1. The number of nitrogens with zero attached hydrogens (tertiary/aromatic N) is 5. The lowest BCUT2D eigenvalue weighted by Gasteiger charge is -2.29. The van der Waals surface area contributed by atoms with Crippen molar-refractivity contribution >= 4 is 11.8 Å². The van der Waals surface area contributed by atoms with Crippen LogP contribution < -0.4 is 9.80 Å². The van der Waals surface area contributed by atoms with Crippen LogP contribution in [0.5, 0.6) is 0 Å². The summed E-state index contributed by atoms with van der Waals surface area (Å²) in [5.74, 6) is 0.567. The fourth-order valence-corrected chi connectivity index (χ4v) is 3.87. The largest absolute Gasteiger partial charge is 0.378 e. The van der Waals surface area contributed by atoms with Crippen LogP contribution in [0.1, 0.15) is 12.0 Å². The van der Waals surface area contributed by atoms with Gasteiger partial charge in [-0.1, -0.05) is 0 Å². The minimum absolute atomic E-state index is 0.297. The number of anilines is 2. The van der Waals surface area contributed by atoms with E-state index in [9.17, 15) is 8.78 Å². The molecule has 3 heterocycles. The van der Waals surface area contributed by atoms with Crippen LogP contribution >= 0.6 is 0 Å². The standard InChI is InChI=1S/C20H25F2N5O/c1-25(19-2-4-23-20(24-19)27-6-8-28-9-7-27)18-3-5-26(14-18)13-15-10-16(21)12-17(22)11-15/h2,4,10-12,18H,3,5-9,13-14H2,1H3. The third-order valence-corrected chi connectivity index (χ3v) is 5.41. The van der Waals surface area contributed by atoms with E-state index in [0.717, 1.165) is 50.4 Å². The average Bonchev–Trinajstić information content (AvgIpc) is 3.16. The summed E-state index contributed by atoms with van der Waals surface area (Å²) in [6.45, 7) is 5.24. The molecule has 4 rings (SSSR count). The maximum absolute atomic E-state index is 13.4. The summed E-state index contributed by atoms with van der Waals surface area (Å²) in [6.07, 6.45) is 2.77. The average molecular weight is 389 g/mol. The smallest absolute Gasteiger partial charge is 0.227 e. The molecule has 2 aliphatic rings. The van der Waals surface area contributed by atoms with Gasteiger partial charge in [0.15, 0.2) is 0 Å². The van der Waals surface area contributed by atoms with Crippen molar-refractivity contribution in [2.45, 2.75) is 19.0 Å². The molecule has 1 aromatic carbocycles. The number of benzene rings is 1. The lowest BCUT2D eigenvalue weighted by atomic mass is 10.2. The van der Waals surface area contributed by atoms with E-state index in [1.54, 1.807) is 6.20 Å². The fourth-order valence-electron chi connectivity index (χ4n) is 3.87. The van der Waals surface area contributed by atoms with Gasteiger partial charge in [-0.2, -0.15) is 4.98 Å². The summed E-state index contributed by atoms with van der Waals surface area (Å²) < 4.78 is 32.2. The molecule has 6 nitrogen and oxygen atoms in total. The molecule has 0 saturated carbocycles. The van der Waals surface area contributed by atoms with Crippen molar-refractivity contribution < 1.29 is 13.5 Å². The van der Waals surface area contributed by atoms with E-state index in [0.29, 0.717) is 31.4 Å². The van der Waals surface area contributed by atoms with Crippen LogP contribution in [-0.2, 0) is 11.3 Å². The summed E-state index contributed by atoms with van der Waals surface area (Å²) in [7, 11) is 2.04. The molecule has 0 spiro atoms. The number of aromatic nitrogens is 2. The lowest BCUT2D eigenvalue weighted by molar-refractivity contribution is 0.122. The number of ether oxygens (including phenoxy) is 1. The fraction of sp³-hybridized carbons (Fsp3) is 0.500. The molecule has 1 aromatic heterocycles. The molecule has 0 amide bonds. The van der Waals surface area contributed by atoms with Gasteiger partial charge >= 0.3 is 0 Å². The maximum atomic E-state index is 13.4. The molecule has 1 atom stereocenters. The molecule has 0 N–H and O–H groups in total. The monoisotopic (exact) mass is 389 g/mol. The second kappa shape index (κ2) is 8.36. The van der Waals surface area contributed by atoms with Crippen molar-refractivity contribution in [3.8, 4) is 0 Å². The predicted octanol–water partition coefficient (Wildman–Crippen LogP) is 2.30. The van der Waals surface area contributed by atoms with Crippen LogP contribution in [0.2, 0.25) is 0 Å². The topological polar surface area (TPSA) is 44.7 Å². The van der Waals surface area contributed by atoms with Gasteiger partial charge in [0, 0.05) is 58.1 Å². The number of likely N-dealkylation sites (tertiary alicyclic amines) is 1. The van der Waals surface area contributed by atoms with Gasteiger partial charge < -0.3 is 14.5 Å². The van der Waals surface area contributed by atoms with Crippen molar-refractivity contribution in [2.75, 3.05) is 56.2 Å². The van der Waals surface area contributed by atoms with Gasteiger partial charge in [0.25, 0.3) is 0 Å². The zero-order valence-corrected chi connectivity index (χ0v) is 16.0. The molecule has 0 aliphatic carbocycles. The molecular weight excluding hydrogens is 364 g/mol. The minimum Gasteiger partial charge on any atom is -0.378 e. The Balaban J connectivity index is 1.39. The third-order valence-electron chi connectivity index (χ3n) is 5.41. The van der Waals surface area contributed by atoms with Gasteiger partial charge in [-0.05, 0) is 30.2 Å². The Morgan fingerprint density at radius 1 is 1.14 bits per heavy atom. The summed E-state index contributed by atoms with van der Waals surface area (Å²) in [5, 5.41) is 0. The Morgan fingerprint density at radius 2 is 1.89 bits per heavy atom. The SMILES string of the molecule is CN(c1ccnc(N2CCOCC2)n1)C1CCN(Cc2cc(F)cc(F)c2)C1. The van der Waals surface area contributed by atoms with Crippen molar-refractivity contribution in [1.29, 1.82) is 0 Å². The minimum atomic E-state index is -0.528. The van der Waals surface area contributed by atoms with Crippen LogP contribution in [0.15, 0.2) is 30.5 Å². The van der Waals surface area contributed by atoms with Crippen molar-refractivity contribution in [2.24, 2.45) is 0 Å². The second-order valence-corrected chi connectivity index (χ2v) is 7.38. The van der Waals surface area contributed by atoms with Gasteiger partial charge in [-0.15, -0.1) is 0 Å². The number of hydrogen-bond donors (Lipinski definition) is 0. The molecule has 2 aromatic rings. The van der Waals surface area contributed by atoms with E-state index in [2.05, 4.69) is 19.7 Å². The van der Waals surface area contributed by atoms with Crippen molar-refractivity contribution in [3.05, 3.63) is 47.7 Å². The number of hydrogen-bond acceptors (Lipinski definition) is 6. The van der Waals surface area contributed by atoms with Gasteiger partial charge in [0.2, 0.25) is 5.95 Å². The molecule has 0 radical (unpaired) electrons. The quantitative estimate of drug-likeness (QED) is 0.782. The second-order valence-electron chi connectivity index (χ2n) is 7.38. The Bertz CT molecular complexity index is 795. The Morgan fingerprint density at radius 3 is 2.64 bits per heavy atom. The van der Waals surface area contributed by atoms with Crippen LogP contribution in [0, 0.1) is 11.6 Å². The zero-order valence-electron chi connectivity index (χ0n) is 16.0. The van der Waals surface area contributed by atoms with E-state index < -0.39 is 11.6 Å². The normalized spacial score (nSPS) is 20.5. The molecule has 0 bridgehead atoms. The van der Waals surface area contributed by atoms with Crippen LogP contribution in [0.25, 0.3) is 0 Å². The van der Waals surface area contributed by atoms with Gasteiger partial charge in [0.05, 0.1) is 13.2 Å². The number of morpholine rings is 1. The summed E-state index contributed by atoms with van der Waals surface area (Å²) in [5.41, 5.74) is 0.664. The molecule has 1 unspecified atom stereocenters. The molecule has 8 heteroatoms. The highest BCUT2D eigenvalue weighted by Gasteiger charge is 2.27. The molecule has 2 fully saturated rings. The Kier molecular flexibility index (Phi) is 5.68. The van der Waals surface area contributed by atoms with Crippen LogP contribution in [0.3, 0.4) is 0 Å². The molecule has 150 valence electrons.